The van der Waals surface area contributed by atoms with E-state index in [-0.39, 0.29) is 0 Å². The van der Waals surface area contributed by atoms with Gasteiger partial charge in [-0.15, -0.1) is 0 Å². The van der Waals surface area contributed by atoms with Crippen LogP contribution in [0.25, 0.3) is 10.9 Å². The minimum Gasteiger partial charge on any atom is -0.397 e. The maximum absolute atomic E-state index is 5.93. The molecule has 1 aromatic heterocycles. The van der Waals surface area contributed by atoms with Crippen molar-refractivity contribution in [2.45, 2.75) is 6.54 Å². The van der Waals surface area contributed by atoms with E-state index in [0.29, 0.717) is 0 Å². The number of nitrogens with zero attached hydrogens (tertiary/aromatic N) is 1. The fraction of sp³-hybridized carbons (Fsp3) is 0.125. The molecule has 3 heteroatoms. The number of aryl methyl sites for hydroxylation is 1. The Hall–Kier alpha value is -2.42. The molecule has 3 nitrogen and oxygen atoms in total. The SMILES string of the molecule is Cn1cc(CNc2ccccc2N)c2ccccc21. The second-order valence-corrected chi connectivity index (χ2v) is 4.72. The summed E-state index contributed by atoms with van der Waals surface area (Å²) in [4.78, 5) is 0. The molecule has 2 aromatic carbocycles. The number of fused-ring (bicyclic) bond motifs is 1. The molecule has 0 fully saturated rings. The minimum absolute atomic E-state index is 0.773. The highest BCUT2D eigenvalue weighted by molar-refractivity contribution is 5.84. The van der Waals surface area contributed by atoms with Crippen molar-refractivity contribution in [1.29, 1.82) is 0 Å². The lowest BCUT2D eigenvalue weighted by atomic mass is 10.1. The highest BCUT2D eigenvalue weighted by Gasteiger charge is 2.05. The van der Waals surface area contributed by atoms with Crippen LogP contribution in [0, 0.1) is 0 Å². The van der Waals surface area contributed by atoms with E-state index in [1.165, 1.54) is 16.5 Å². The van der Waals surface area contributed by atoms with E-state index >= 15 is 0 Å². The third-order valence-electron chi connectivity index (χ3n) is 3.41. The summed E-state index contributed by atoms with van der Waals surface area (Å²) in [6, 6.07) is 16.3. The third-order valence-corrected chi connectivity index (χ3v) is 3.41. The fourth-order valence-corrected chi connectivity index (χ4v) is 2.41. The van der Waals surface area contributed by atoms with Gasteiger partial charge in [-0.3, -0.25) is 0 Å². The Morgan fingerprint density at radius 2 is 1.79 bits per heavy atom. The molecule has 3 rings (SSSR count). The van der Waals surface area contributed by atoms with Crippen molar-refractivity contribution in [2.24, 2.45) is 7.05 Å². The van der Waals surface area contributed by atoms with E-state index in [1.807, 2.05) is 24.3 Å². The molecule has 0 unspecified atom stereocenters. The zero-order valence-corrected chi connectivity index (χ0v) is 10.9. The Bertz CT molecular complexity index is 713. The zero-order valence-electron chi connectivity index (χ0n) is 10.9. The van der Waals surface area contributed by atoms with Gasteiger partial charge in [0.2, 0.25) is 0 Å². The van der Waals surface area contributed by atoms with Gasteiger partial charge < -0.3 is 15.6 Å². The molecule has 1 heterocycles. The van der Waals surface area contributed by atoms with Gasteiger partial charge in [-0.25, -0.2) is 0 Å². The molecule has 0 atom stereocenters. The van der Waals surface area contributed by atoms with Crippen LogP contribution in [0.2, 0.25) is 0 Å². The number of para-hydroxylation sites is 3. The number of anilines is 2. The molecule has 0 aliphatic heterocycles. The second-order valence-electron chi connectivity index (χ2n) is 4.72. The maximum Gasteiger partial charge on any atom is 0.0576 e. The summed E-state index contributed by atoms with van der Waals surface area (Å²) in [6.07, 6.45) is 2.16. The molecule has 0 bridgehead atoms. The van der Waals surface area contributed by atoms with Gasteiger partial charge in [-0.05, 0) is 23.8 Å². The summed E-state index contributed by atoms with van der Waals surface area (Å²) >= 11 is 0. The summed E-state index contributed by atoms with van der Waals surface area (Å²) in [5, 5.41) is 4.68. The number of benzene rings is 2. The number of nitrogen functional groups attached to an aromatic ring is 1. The van der Waals surface area contributed by atoms with Gasteiger partial charge in [0.05, 0.1) is 11.4 Å². The molecule has 19 heavy (non-hydrogen) atoms. The molecule has 3 N–H and O–H groups in total. The van der Waals surface area contributed by atoms with Crippen LogP contribution in [-0.2, 0) is 13.6 Å². The maximum atomic E-state index is 5.93. The minimum atomic E-state index is 0.773. The van der Waals surface area contributed by atoms with Gasteiger partial charge in [0, 0.05) is 30.7 Å². The Balaban J connectivity index is 1.88. The molecule has 0 amide bonds. The predicted octanol–water partition coefficient (Wildman–Crippen LogP) is 3.37. The number of hydrogen-bond donors (Lipinski definition) is 2. The number of nitrogens with two attached hydrogens (primary N) is 1. The lowest BCUT2D eigenvalue weighted by Crippen LogP contribution is -2.01. The van der Waals surface area contributed by atoms with Crippen molar-refractivity contribution < 1.29 is 0 Å². The van der Waals surface area contributed by atoms with Gasteiger partial charge >= 0.3 is 0 Å². The van der Waals surface area contributed by atoms with Crippen LogP contribution in [-0.4, -0.2) is 4.57 Å². The Kier molecular flexibility index (Phi) is 2.88. The first kappa shape index (κ1) is 11.7. The Labute approximate surface area is 112 Å². The highest BCUT2D eigenvalue weighted by Crippen LogP contribution is 2.23. The molecule has 0 spiro atoms. The van der Waals surface area contributed by atoms with Crippen LogP contribution in [0.3, 0.4) is 0 Å². The zero-order chi connectivity index (χ0) is 13.2. The average Bonchev–Trinajstić information content (AvgIpc) is 2.75. The summed E-state index contributed by atoms with van der Waals surface area (Å²) in [5.74, 6) is 0. The van der Waals surface area contributed by atoms with Crippen molar-refractivity contribution in [3.8, 4) is 0 Å². The van der Waals surface area contributed by atoms with Crippen molar-refractivity contribution >= 4 is 22.3 Å². The van der Waals surface area contributed by atoms with Gasteiger partial charge in [0.15, 0.2) is 0 Å². The van der Waals surface area contributed by atoms with E-state index in [2.05, 4.69) is 47.4 Å². The van der Waals surface area contributed by atoms with Gasteiger partial charge in [-0.1, -0.05) is 30.3 Å². The molecule has 0 aliphatic rings. The van der Waals surface area contributed by atoms with E-state index in [1.54, 1.807) is 0 Å². The van der Waals surface area contributed by atoms with Crippen molar-refractivity contribution in [3.05, 3.63) is 60.3 Å². The number of nitrogens with one attached hydrogen (secondary N) is 1. The van der Waals surface area contributed by atoms with Gasteiger partial charge in [-0.2, -0.15) is 0 Å². The largest absolute Gasteiger partial charge is 0.397 e. The molecule has 0 radical (unpaired) electrons. The lowest BCUT2D eigenvalue weighted by Gasteiger charge is -2.08. The molecule has 0 saturated heterocycles. The number of hydrogen-bond acceptors (Lipinski definition) is 2. The van der Waals surface area contributed by atoms with Gasteiger partial charge in [0.1, 0.15) is 0 Å². The first-order valence-corrected chi connectivity index (χ1v) is 6.37. The van der Waals surface area contributed by atoms with E-state index in [4.69, 9.17) is 5.73 Å². The van der Waals surface area contributed by atoms with Crippen molar-refractivity contribution in [1.82, 2.24) is 4.57 Å². The molecule has 0 saturated carbocycles. The normalized spacial score (nSPS) is 10.8. The van der Waals surface area contributed by atoms with E-state index < -0.39 is 0 Å². The first-order chi connectivity index (χ1) is 9.25. The lowest BCUT2D eigenvalue weighted by molar-refractivity contribution is 0.956. The number of aromatic nitrogens is 1. The van der Waals surface area contributed by atoms with E-state index in [9.17, 15) is 0 Å². The topological polar surface area (TPSA) is 43.0 Å². The quantitative estimate of drug-likeness (QED) is 0.701. The van der Waals surface area contributed by atoms with Crippen molar-refractivity contribution in [3.63, 3.8) is 0 Å². The summed E-state index contributed by atoms with van der Waals surface area (Å²) < 4.78 is 2.15. The molecule has 3 aromatic rings. The van der Waals surface area contributed by atoms with Crippen LogP contribution in [0.4, 0.5) is 11.4 Å². The van der Waals surface area contributed by atoms with Crippen LogP contribution < -0.4 is 11.1 Å². The third kappa shape index (κ3) is 2.15. The summed E-state index contributed by atoms with van der Waals surface area (Å²) in [7, 11) is 2.07. The summed E-state index contributed by atoms with van der Waals surface area (Å²) in [5.41, 5.74) is 10.2. The van der Waals surface area contributed by atoms with Crippen molar-refractivity contribution in [2.75, 3.05) is 11.1 Å². The van der Waals surface area contributed by atoms with E-state index in [0.717, 1.165) is 17.9 Å². The predicted molar refractivity (Wildman–Crippen MR) is 81.1 cm³/mol. The van der Waals surface area contributed by atoms with Gasteiger partial charge in [0.25, 0.3) is 0 Å². The molecule has 0 aliphatic carbocycles. The number of rotatable bonds is 3. The monoisotopic (exact) mass is 251 g/mol. The Morgan fingerprint density at radius 3 is 2.63 bits per heavy atom. The smallest absolute Gasteiger partial charge is 0.0576 e. The van der Waals surface area contributed by atoms with Crippen LogP contribution in [0.1, 0.15) is 5.56 Å². The highest BCUT2D eigenvalue weighted by atomic mass is 14.9. The molecular weight excluding hydrogens is 234 g/mol. The first-order valence-electron chi connectivity index (χ1n) is 6.37. The Morgan fingerprint density at radius 1 is 1.05 bits per heavy atom. The summed E-state index contributed by atoms with van der Waals surface area (Å²) in [6.45, 7) is 0.773. The second kappa shape index (κ2) is 4.69. The fourth-order valence-electron chi connectivity index (χ4n) is 2.41. The molecular formula is C16H17N3. The van der Waals surface area contributed by atoms with Crippen LogP contribution in [0.5, 0.6) is 0 Å². The van der Waals surface area contributed by atoms with Crippen LogP contribution in [0.15, 0.2) is 54.7 Å². The molecule has 96 valence electrons. The average molecular weight is 251 g/mol. The van der Waals surface area contributed by atoms with Crippen LogP contribution >= 0.6 is 0 Å². The standard InChI is InChI=1S/C16H17N3/c1-19-11-12(13-6-2-5-9-16(13)19)10-18-15-8-4-3-7-14(15)17/h2-9,11,18H,10,17H2,1H3.